The lowest BCUT2D eigenvalue weighted by molar-refractivity contribution is -0.125. The molecule has 13 nitrogen and oxygen atoms in total. The summed E-state index contributed by atoms with van der Waals surface area (Å²) in [4.78, 5) is 57.4. The second kappa shape index (κ2) is 16.7. The van der Waals surface area contributed by atoms with E-state index in [9.17, 15) is 19.5 Å². The molecule has 4 aliphatic heterocycles. The molecular weight excluding hydrogens is 764 g/mol. The zero-order valence-electron chi connectivity index (χ0n) is 34.1. The van der Waals surface area contributed by atoms with Crippen LogP contribution in [0.25, 0.3) is 32.9 Å². The Hall–Kier alpha value is -5.73. The molecule has 0 spiro atoms. The number of nitrogens with zero attached hydrogens (tertiary/aromatic N) is 6. The number of piperidine rings is 1. The van der Waals surface area contributed by atoms with E-state index in [2.05, 4.69) is 38.4 Å². The molecule has 3 N–H and O–H groups in total. The van der Waals surface area contributed by atoms with Gasteiger partial charge in [0.15, 0.2) is 5.82 Å². The Bertz CT molecular complexity index is 2460. The summed E-state index contributed by atoms with van der Waals surface area (Å²) in [5.74, 6) is -0.0425. The Morgan fingerprint density at radius 2 is 1.87 bits per heavy atom. The number of carbonyl (C=O) groups excluding carboxylic acids is 3. The number of fused-ring (bicyclic) bond motifs is 5. The van der Waals surface area contributed by atoms with Gasteiger partial charge in [-0.3, -0.25) is 19.5 Å². The van der Waals surface area contributed by atoms with Gasteiger partial charge >= 0.3 is 6.01 Å². The zero-order valence-corrected chi connectivity index (χ0v) is 34.1. The third-order valence-electron chi connectivity index (χ3n) is 13.0. The molecule has 6 heterocycles. The molecule has 2 amide bonds. The van der Waals surface area contributed by atoms with Crippen LogP contribution in [0.5, 0.6) is 11.8 Å². The highest BCUT2D eigenvalue weighted by molar-refractivity contribution is 6.02. The molecule has 3 atom stereocenters. The molecule has 4 aliphatic rings. The van der Waals surface area contributed by atoms with E-state index in [-0.39, 0.29) is 47.6 Å². The van der Waals surface area contributed by atoms with E-state index < -0.39 is 11.9 Å². The lowest BCUT2D eigenvalue weighted by Gasteiger charge is -2.34. The van der Waals surface area contributed by atoms with E-state index in [4.69, 9.17) is 14.7 Å². The maximum absolute atomic E-state index is 17.0. The van der Waals surface area contributed by atoms with E-state index in [1.165, 1.54) is 5.56 Å². The third kappa shape index (κ3) is 7.51. The number of likely N-dealkylation sites (tertiary alicyclic amines) is 1. The van der Waals surface area contributed by atoms with Crippen molar-refractivity contribution in [3.8, 4) is 23.0 Å². The number of carbonyl (C=O) groups is 3. The quantitative estimate of drug-likeness (QED) is 0.129. The molecule has 0 aliphatic carbocycles. The first-order chi connectivity index (χ1) is 29.2. The lowest BCUT2D eigenvalue weighted by Crippen LogP contribution is -2.51. The molecule has 9 rings (SSSR count). The van der Waals surface area contributed by atoms with E-state index in [0.717, 1.165) is 86.5 Å². The number of pyridine rings is 1. The number of aromatic hydroxyl groups is 1. The molecule has 5 aromatic rings. The van der Waals surface area contributed by atoms with Gasteiger partial charge in [0.25, 0.3) is 5.91 Å². The van der Waals surface area contributed by atoms with E-state index in [0.29, 0.717) is 60.0 Å². The number of phenols is 1. The highest BCUT2D eigenvalue weighted by Crippen LogP contribution is 2.39. The van der Waals surface area contributed by atoms with Crippen LogP contribution in [0.1, 0.15) is 78.4 Å². The van der Waals surface area contributed by atoms with Crippen LogP contribution in [0.3, 0.4) is 0 Å². The van der Waals surface area contributed by atoms with Crippen molar-refractivity contribution in [3.05, 3.63) is 82.8 Å². The highest BCUT2D eigenvalue weighted by atomic mass is 19.1. The van der Waals surface area contributed by atoms with Crippen molar-refractivity contribution in [2.24, 2.45) is 0 Å². The van der Waals surface area contributed by atoms with E-state index in [1.54, 1.807) is 30.3 Å². The van der Waals surface area contributed by atoms with Crippen LogP contribution in [-0.2, 0) is 22.6 Å². The summed E-state index contributed by atoms with van der Waals surface area (Å²) in [6.45, 7) is 6.58. The van der Waals surface area contributed by atoms with E-state index in [1.807, 2.05) is 30.3 Å². The number of anilines is 1. The molecule has 60 heavy (non-hydrogen) atoms. The fourth-order valence-corrected chi connectivity index (χ4v) is 9.90. The highest BCUT2D eigenvalue weighted by Gasteiger charge is 2.37. The SMILES string of the molecule is CCc1cccc2cc(O)cc(-c3ncc4c(N5CC6CCC(C5)N6)nc(OCCN5CCC(c6ccc7c(c6)CN(C(CCC=O)C(=O)NC)C7=O)CC5)nc4c3F)c12. The van der Waals surface area contributed by atoms with Crippen molar-refractivity contribution in [1.82, 2.24) is 35.4 Å². The van der Waals surface area contributed by atoms with Gasteiger partial charge in [-0.1, -0.05) is 37.3 Å². The molecule has 0 saturated carbocycles. The summed E-state index contributed by atoms with van der Waals surface area (Å²) in [5.41, 5.74) is 4.53. The minimum Gasteiger partial charge on any atom is -0.508 e. The number of aromatic nitrogens is 3. The summed E-state index contributed by atoms with van der Waals surface area (Å²) < 4.78 is 23.3. The smallest absolute Gasteiger partial charge is 0.319 e. The average molecular weight is 815 g/mol. The molecule has 312 valence electrons. The van der Waals surface area contributed by atoms with E-state index >= 15 is 4.39 Å². The minimum absolute atomic E-state index is 0.0376. The predicted molar refractivity (Wildman–Crippen MR) is 227 cm³/mol. The van der Waals surface area contributed by atoms with Crippen molar-refractivity contribution in [1.29, 1.82) is 0 Å². The van der Waals surface area contributed by atoms with Gasteiger partial charge in [0.2, 0.25) is 5.91 Å². The van der Waals surface area contributed by atoms with Crippen LogP contribution in [-0.4, -0.2) is 112 Å². The molecule has 2 aromatic heterocycles. The Kier molecular flexibility index (Phi) is 11.1. The van der Waals surface area contributed by atoms with Crippen molar-refractivity contribution in [2.45, 2.75) is 82.5 Å². The lowest BCUT2D eigenvalue weighted by atomic mass is 9.88. The first kappa shape index (κ1) is 39.7. The molecule has 3 fully saturated rings. The first-order valence-corrected chi connectivity index (χ1v) is 21.3. The summed E-state index contributed by atoms with van der Waals surface area (Å²) >= 11 is 0. The van der Waals surface area contributed by atoms with Crippen molar-refractivity contribution in [3.63, 3.8) is 0 Å². The summed E-state index contributed by atoms with van der Waals surface area (Å²) in [6.07, 6.45) is 7.70. The predicted octanol–water partition coefficient (Wildman–Crippen LogP) is 5.50. The second-order valence-electron chi connectivity index (χ2n) is 16.6. The number of likely N-dealkylation sites (N-methyl/N-ethyl adjacent to an activating group) is 1. The Morgan fingerprint density at radius 1 is 1.07 bits per heavy atom. The maximum Gasteiger partial charge on any atom is 0.319 e. The summed E-state index contributed by atoms with van der Waals surface area (Å²) in [6, 6.07) is 15.3. The van der Waals surface area contributed by atoms with Crippen LogP contribution >= 0.6 is 0 Å². The Balaban J connectivity index is 0.911. The van der Waals surface area contributed by atoms with Gasteiger partial charge in [0.1, 0.15) is 41.7 Å². The standard InChI is InChI=1S/C46H51FN8O5/c1-3-27-6-4-7-30-21-34(57)22-36(39(27)30)41-40(47)42-37(23-49-41)43(54-25-32-10-11-33(26-54)50-32)52-46(51-42)60-19-17-53-15-13-28(14-16-53)29-9-12-35-31(20-29)24-55(45(35)59)38(8-5-18-56)44(58)48-2/h4,6-7,9,12,18,20-23,28,32-33,38,50,57H,3,5,8,10-11,13-17,19,24-26H2,1-2H3,(H,48,58). The Labute approximate surface area is 348 Å². The molecule has 3 unspecified atom stereocenters. The number of hydrogen-bond donors (Lipinski definition) is 3. The van der Waals surface area contributed by atoms with Gasteiger partial charge in [0.05, 0.1) is 5.39 Å². The number of nitrogens with one attached hydrogen (secondary N) is 2. The maximum atomic E-state index is 17.0. The van der Waals surface area contributed by atoms with Crippen molar-refractivity contribution >= 4 is 45.6 Å². The van der Waals surface area contributed by atoms with Gasteiger partial charge in [-0.15, -0.1) is 0 Å². The number of phenolic OH excluding ortho intramolecular Hbond substituents is 1. The van der Waals surface area contributed by atoms with Crippen LogP contribution in [0.2, 0.25) is 0 Å². The fourth-order valence-electron chi connectivity index (χ4n) is 9.90. The number of aldehydes is 1. The number of ether oxygens (including phenoxy) is 1. The second-order valence-corrected chi connectivity index (χ2v) is 16.6. The number of rotatable bonds is 13. The third-order valence-corrected chi connectivity index (χ3v) is 13.0. The zero-order chi connectivity index (χ0) is 41.5. The molecular formula is C46H51FN8O5. The monoisotopic (exact) mass is 814 g/mol. The van der Waals surface area contributed by atoms with Crippen molar-refractivity contribution < 1.29 is 28.6 Å². The van der Waals surface area contributed by atoms with Crippen LogP contribution < -0.4 is 20.3 Å². The molecule has 2 bridgehead atoms. The molecule has 3 saturated heterocycles. The number of piperazine rings is 1. The topological polar surface area (TPSA) is 153 Å². The normalized spacial score (nSPS) is 19.9. The number of hydrogen-bond acceptors (Lipinski definition) is 11. The van der Waals surface area contributed by atoms with Gasteiger partial charge in [-0.05, 0) is 103 Å². The van der Waals surface area contributed by atoms with Crippen LogP contribution in [0.15, 0.2) is 54.7 Å². The van der Waals surface area contributed by atoms with Crippen LogP contribution in [0.4, 0.5) is 10.2 Å². The van der Waals surface area contributed by atoms with Crippen LogP contribution in [0, 0.1) is 5.82 Å². The number of amides is 2. The fraction of sp³-hybridized carbons (Fsp3) is 0.435. The number of halogens is 1. The summed E-state index contributed by atoms with van der Waals surface area (Å²) in [5, 5.41) is 19.2. The minimum atomic E-state index is -0.689. The van der Waals surface area contributed by atoms with Gasteiger partial charge in [-0.25, -0.2) is 4.39 Å². The molecule has 3 aromatic carbocycles. The first-order valence-electron chi connectivity index (χ1n) is 21.3. The molecule has 14 heteroatoms. The van der Waals surface area contributed by atoms with Gasteiger partial charge in [0, 0.05) is 69.1 Å². The van der Waals surface area contributed by atoms with Gasteiger partial charge < -0.3 is 35.1 Å². The van der Waals surface area contributed by atoms with Crippen molar-refractivity contribution in [2.75, 3.05) is 51.3 Å². The largest absolute Gasteiger partial charge is 0.508 e. The number of benzene rings is 3. The Morgan fingerprint density at radius 3 is 2.62 bits per heavy atom. The average Bonchev–Trinajstić information content (AvgIpc) is 3.78. The van der Waals surface area contributed by atoms with Gasteiger partial charge in [-0.2, -0.15) is 9.97 Å². The molecule has 0 radical (unpaired) electrons. The number of aryl methyl sites for hydroxylation is 1. The summed E-state index contributed by atoms with van der Waals surface area (Å²) in [7, 11) is 1.54.